The van der Waals surface area contributed by atoms with Gasteiger partial charge in [0.1, 0.15) is 12.4 Å². The van der Waals surface area contributed by atoms with Gasteiger partial charge >= 0.3 is 0 Å². The molecule has 1 aromatic heterocycles. The molecule has 1 aliphatic heterocycles. The molecule has 7 heteroatoms. The van der Waals surface area contributed by atoms with Crippen molar-refractivity contribution in [3.63, 3.8) is 0 Å². The number of furan rings is 1. The van der Waals surface area contributed by atoms with Crippen molar-refractivity contribution in [2.24, 2.45) is 10.9 Å². The highest BCUT2D eigenvalue weighted by molar-refractivity contribution is 8.13. The lowest BCUT2D eigenvalue weighted by Crippen LogP contribution is -2.50. The third-order valence-corrected chi connectivity index (χ3v) is 3.97. The van der Waals surface area contributed by atoms with Gasteiger partial charge < -0.3 is 9.73 Å². The van der Waals surface area contributed by atoms with E-state index >= 15 is 0 Å². The summed E-state index contributed by atoms with van der Waals surface area (Å²) in [6.07, 6.45) is 1.55. The Balaban J connectivity index is 2.03. The largest absolute Gasteiger partial charge is 0.468 e. The number of aliphatic imine (C=N–C) groups is 1. The summed E-state index contributed by atoms with van der Waals surface area (Å²) in [5.74, 6) is 0.555. The smallest absolute Gasteiger partial charge is 0.200 e. The normalized spacial score (nSPS) is 22.8. The van der Waals surface area contributed by atoms with Crippen LogP contribution in [-0.2, 0) is 10.5 Å². The summed E-state index contributed by atoms with van der Waals surface area (Å²) in [4.78, 5) is 16.2. The maximum atomic E-state index is 13.0. The van der Waals surface area contributed by atoms with E-state index in [0.29, 0.717) is 17.2 Å². The number of carbonyl (C=O) groups is 1. The second kappa shape index (κ2) is 6.29. The minimum Gasteiger partial charge on any atom is -0.468 e. The van der Waals surface area contributed by atoms with Gasteiger partial charge in [0.25, 0.3) is 0 Å². The molecule has 0 saturated carbocycles. The van der Waals surface area contributed by atoms with Gasteiger partial charge in [-0.05, 0) is 31.3 Å². The van der Waals surface area contributed by atoms with E-state index in [2.05, 4.69) is 10.3 Å². The first kappa shape index (κ1) is 14.2. The van der Waals surface area contributed by atoms with Crippen LogP contribution in [0.15, 0.2) is 27.8 Å². The quantitative estimate of drug-likeness (QED) is 0.865. The van der Waals surface area contributed by atoms with Gasteiger partial charge in [0.15, 0.2) is 10.2 Å². The molecule has 2 atom stereocenters. The molecule has 0 radical (unpaired) electrons. The Morgan fingerprint density at radius 3 is 3.11 bits per heavy atom. The first-order chi connectivity index (χ1) is 9.11. The minimum absolute atomic E-state index is 0.129. The van der Waals surface area contributed by atoms with Gasteiger partial charge in [0, 0.05) is 5.71 Å². The van der Waals surface area contributed by atoms with Crippen LogP contribution in [0.25, 0.3) is 0 Å². The summed E-state index contributed by atoms with van der Waals surface area (Å²) in [5.41, 5.74) is 0.559. The Morgan fingerprint density at radius 2 is 2.47 bits per heavy atom. The highest BCUT2D eigenvalue weighted by Crippen LogP contribution is 2.23. The van der Waals surface area contributed by atoms with Crippen LogP contribution in [0.5, 0.6) is 0 Å². The molecule has 0 saturated heterocycles. The Morgan fingerprint density at radius 1 is 1.68 bits per heavy atom. The van der Waals surface area contributed by atoms with Crippen molar-refractivity contribution in [1.82, 2.24) is 5.32 Å². The highest BCUT2D eigenvalue weighted by Gasteiger charge is 2.34. The molecule has 0 aliphatic carbocycles. The van der Waals surface area contributed by atoms with Crippen molar-refractivity contribution < 1.29 is 13.6 Å². The lowest BCUT2D eigenvalue weighted by atomic mass is 9.96. The topological polar surface area (TPSA) is 54.6 Å². The van der Waals surface area contributed by atoms with Crippen LogP contribution in [0, 0.1) is 5.92 Å². The van der Waals surface area contributed by atoms with Gasteiger partial charge in [-0.1, -0.05) is 11.8 Å². The summed E-state index contributed by atoms with van der Waals surface area (Å²) < 4.78 is 18.1. The Kier molecular flexibility index (Phi) is 4.71. The number of halogens is 1. The van der Waals surface area contributed by atoms with Crippen LogP contribution in [-0.4, -0.2) is 28.7 Å². The second-order valence-electron chi connectivity index (χ2n) is 4.13. The van der Waals surface area contributed by atoms with Crippen molar-refractivity contribution in [3.05, 3.63) is 24.2 Å². The van der Waals surface area contributed by atoms with E-state index in [1.807, 2.05) is 0 Å². The monoisotopic (exact) mass is 300 g/mol. The maximum absolute atomic E-state index is 13.0. The zero-order valence-electron chi connectivity index (χ0n) is 10.3. The van der Waals surface area contributed by atoms with Crippen LogP contribution >= 0.6 is 24.0 Å². The third kappa shape index (κ3) is 3.42. The standard InChI is InChI=1S/C12H13FN2O2S2/c1-7-10(9(5-13)15-12(18)14-7)11(16)19-6-8-3-2-4-17-8/h2-4,9-10H,5-6H2,1H3,(H,15,18). The van der Waals surface area contributed by atoms with Gasteiger partial charge in [-0.2, -0.15) is 0 Å². The van der Waals surface area contributed by atoms with E-state index in [1.54, 1.807) is 25.3 Å². The molecular formula is C12H13FN2O2S2. The maximum Gasteiger partial charge on any atom is 0.200 e. The van der Waals surface area contributed by atoms with Gasteiger partial charge in [-0.25, -0.2) is 9.38 Å². The molecule has 0 amide bonds. The minimum atomic E-state index is -0.662. The highest BCUT2D eigenvalue weighted by atomic mass is 32.2. The molecule has 102 valence electrons. The molecule has 0 bridgehead atoms. The average molecular weight is 300 g/mol. The predicted molar refractivity (Wildman–Crippen MR) is 77.1 cm³/mol. The number of rotatable bonds is 4. The number of alkyl halides is 1. The third-order valence-electron chi connectivity index (χ3n) is 2.80. The Hall–Kier alpha value is -1.21. The van der Waals surface area contributed by atoms with Crippen LogP contribution in [0.3, 0.4) is 0 Å². The average Bonchev–Trinajstić information content (AvgIpc) is 2.88. The van der Waals surface area contributed by atoms with E-state index in [-0.39, 0.29) is 10.2 Å². The van der Waals surface area contributed by atoms with E-state index < -0.39 is 18.6 Å². The first-order valence-corrected chi connectivity index (χ1v) is 7.12. The van der Waals surface area contributed by atoms with Crippen molar-refractivity contribution in [2.45, 2.75) is 18.7 Å². The Labute approximate surface area is 119 Å². The van der Waals surface area contributed by atoms with Crippen molar-refractivity contribution in [2.75, 3.05) is 6.67 Å². The molecule has 1 N–H and O–H groups in total. The number of thiocarbonyl (C=S) groups is 1. The van der Waals surface area contributed by atoms with Crippen LogP contribution in [0.4, 0.5) is 4.39 Å². The summed E-state index contributed by atoms with van der Waals surface area (Å²) in [6.45, 7) is 1.04. The van der Waals surface area contributed by atoms with Gasteiger partial charge in [-0.15, -0.1) is 0 Å². The van der Waals surface area contributed by atoms with Crippen LogP contribution in [0.1, 0.15) is 12.7 Å². The summed E-state index contributed by atoms with van der Waals surface area (Å²) in [6, 6.07) is 2.93. The molecule has 4 nitrogen and oxygen atoms in total. The first-order valence-electron chi connectivity index (χ1n) is 5.72. The molecular weight excluding hydrogens is 287 g/mol. The van der Waals surface area contributed by atoms with Crippen molar-refractivity contribution in [1.29, 1.82) is 0 Å². The molecule has 2 heterocycles. The van der Waals surface area contributed by atoms with Gasteiger partial charge in [0.05, 0.1) is 24.0 Å². The number of hydrogen-bond donors (Lipinski definition) is 1. The van der Waals surface area contributed by atoms with E-state index in [9.17, 15) is 9.18 Å². The molecule has 2 rings (SSSR count). The molecule has 0 aromatic carbocycles. The predicted octanol–water partition coefficient (Wildman–Crippen LogP) is 2.34. The molecule has 1 aromatic rings. The number of hydrogen-bond acceptors (Lipinski definition) is 4. The summed E-state index contributed by atoms with van der Waals surface area (Å²) >= 11 is 6.00. The van der Waals surface area contributed by atoms with Crippen molar-refractivity contribution >= 4 is 39.9 Å². The fraction of sp³-hybridized carbons (Fsp3) is 0.417. The number of thioether (sulfide) groups is 1. The number of carbonyl (C=O) groups excluding carboxylic acids is 1. The van der Waals surface area contributed by atoms with E-state index in [1.165, 1.54) is 0 Å². The number of nitrogens with zero attached hydrogens (tertiary/aromatic N) is 1. The van der Waals surface area contributed by atoms with Crippen LogP contribution in [0.2, 0.25) is 0 Å². The fourth-order valence-electron chi connectivity index (χ4n) is 1.88. The molecule has 19 heavy (non-hydrogen) atoms. The van der Waals surface area contributed by atoms with E-state index in [0.717, 1.165) is 11.8 Å². The molecule has 2 unspecified atom stereocenters. The zero-order valence-corrected chi connectivity index (χ0v) is 11.9. The van der Waals surface area contributed by atoms with E-state index in [4.69, 9.17) is 16.6 Å². The lowest BCUT2D eigenvalue weighted by Gasteiger charge is -2.28. The van der Waals surface area contributed by atoms with Gasteiger partial charge in [0.2, 0.25) is 0 Å². The van der Waals surface area contributed by atoms with Gasteiger partial charge in [-0.3, -0.25) is 4.79 Å². The van der Waals surface area contributed by atoms with Crippen LogP contribution < -0.4 is 5.32 Å². The zero-order chi connectivity index (χ0) is 13.8. The fourth-order valence-corrected chi connectivity index (χ4v) is 3.14. The van der Waals surface area contributed by atoms with Crippen molar-refractivity contribution in [3.8, 4) is 0 Å². The molecule has 0 fully saturated rings. The SMILES string of the molecule is CC1=NC(=S)NC(CF)C1C(=O)SCc1ccco1. The second-order valence-corrected chi connectivity index (χ2v) is 5.49. The number of nitrogens with one attached hydrogen (secondary N) is 1. The lowest BCUT2D eigenvalue weighted by molar-refractivity contribution is -0.113. The molecule has 0 spiro atoms. The summed E-state index contributed by atoms with van der Waals surface area (Å²) in [5, 5.41) is 2.84. The Bertz CT molecular complexity index is 502. The summed E-state index contributed by atoms with van der Waals surface area (Å²) in [7, 11) is 0. The molecule has 1 aliphatic rings.